The first kappa shape index (κ1) is 8.71. The molecule has 0 unspecified atom stereocenters. The van der Waals surface area contributed by atoms with Crippen LogP contribution in [0.1, 0.15) is 20.3 Å². The van der Waals surface area contributed by atoms with Gasteiger partial charge in [0.15, 0.2) is 5.78 Å². The molecule has 1 aliphatic carbocycles. The lowest BCUT2D eigenvalue weighted by Gasteiger charge is -2.12. The normalized spacial score (nSPS) is 17.8. The summed E-state index contributed by atoms with van der Waals surface area (Å²) in [5.74, 6) is -0.969. The van der Waals surface area contributed by atoms with E-state index in [0.29, 0.717) is 11.1 Å². The third kappa shape index (κ3) is 1.44. The van der Waals surface area contributed by atoms with Gasteiger partial charge in [-0.15, -0.1) is 0 Å². The summed E-state index contributed by atoms with van der Waals surface area (Å²) in [7, 11) is 0. The largest absolute Gasteiger partial charge is 0.478 e. The van der Waals surface area contributed by atoms with Crippen LogP contribution in [0.25, 0.3) is 0 Å². The van der Waals surface area contributed by atoms with Gasteiger partial charge < -0.3 is 5.11 Å². The topological polar surface area (TPSA) is 54.4 Å². The van der Waals surface area contributed by atoms with E-state index in [4.69, 9.17) is 5.11 Å². The van der Waals surface area contributed by atoms with Gasteiger partial charge in [0.05, 0.1) is 5.57 Å². The Hall–Kier alpha value is -1.38. The Morgan fingerprint density at radius 3 is 2.50 bits per heavy atom. The third-order valence-corrected chi connectivity index (χ3v) is 1.85. The summed E-state index contributed by atoms with van der Waals surface area (Å²) in [6.45, 7) is 3.32. The molecule has 64 valence electrons. The summed E-state index contributed by atoms with van der Waals surface area (Å²) in [5, 5.41) is 8.76. The summed E-state index contributed by atoms with van der Waals surface area (Å²) >= 11 is 0. The highest BCUT2D eigenvalue weighted by Gasteiger charge is 2.19. The number of ketones is 1. The molecule has 0 heterocycles. The molecule has 0 amide bonds. The van der Waals surface area contributed by atoms with E-state index in [1.54, 1.807) is 13.8 Å². The first-order chi connectivity index (χ1) is 5.52. The zero-order chi connectivity index (χ0) is 9.30. The molecule has 0 aromatic heterocycles. The molecule has 1 rings (SSSR count). The Balaban J connectivity index is 3.14. The number of allylic oxidation sites excluding steroid dienone is 2. The van der Waals surface area contributed by atoms with Crippen LogP contribution in [0.2, 0.25) is 0 Å². The van der Waals surface area contributed by atoms with Crippen molar-refractivity contribution in [1.82, 2.24) is 0 Å². The molecule has 0 saturated heterocycles. The first-order valence-corrected chi connectivity index (χ1v) is 3.67. The number of carbonyl (C=O) groups is 2. The molecule has 3 heteroatoms. The van der Waals surface area contributed by atoms with Gasteiger partial charge in [-0.1, -0.05) is 5.57 Å². The van der Waals surface area contributed by atoms with E-state index in [2.05, 4.69) is 0 Å². The second-order valence-electron chi connectivity index (χ2n) is 2.93. The highest BCUT2D eigenvalue weighted by molar-refractivity contribution is 6.02. The van der Waals surface area contributed by atoms with Gasteiger partial charge >= 0.3 is 5.97 Å². The average molecular weight is 166 g/mol. The van der Waals surface area contributed by atoms with Gasteiger partial charge in [0.2, 0.25) is 0 Å². The van der Waals surface area contributed by atoms with E-state index in [1.165, 1.54) is 6.08 Å². The SMILES string of the molecule is CC1=CC(=O)CC(C)=C1C(=O)O. The number of rotatable bonds is 1. The Labute approximate surface area is 70.4 Å². The standard InChI is InChI=1S/C9H10O3/c1-5-3-7(10)4-6(2)8(5)9(11)12/h3H,4H2,1-2H3,(H,11,12). The van der Waals surface area contributed by atoms with E-state index < -0.39 is 5.97 Å². The van der Waals surface area contributed by atoms with Crippen molar-refractivity contribution in [2.45, 2.75) is 20.3 Å². The van der Waals surface area contributed by atoms with E-state index in [0.717, 1.165) is 0 Å². The van der Waals surface area contributed by atoms with Crippen LogP contribution in [0.5, 0.6) is 0 Å². The summed E-state index contributed by atoms with van der Waals surface area (Å²) < 4.78 is 0. The molecule has 1 aliphatic rings. The van der Waals surface area contributed by atoms with Gasteiger partial charge in [0.25, 0.3) is 0 Å². The van der Waals surface area contributed by atoms with Crippen molar-refractivity contribution < 1.29 is 14.7 Å². The number of hydrogen-bond acceptors (Lipinski definition) is 2. The number of carbonyl (C=O) groups excluding carboxylic acids is 1. The van der Waals surface area contributed by atoms with Crippen LogP contribution in [-0.4, -0.2) is 16.9 Å². The zero-order valence-electron chi connectivity index (χ0n) is 7.05. The molecule has 0 bridgehead atoms. The van der Waals surface area contributed by atoms with Gasteiger partial charge in [-0.25, -0.2) is 4.79 Å². The van der Waals surface area contributed by atoms with Crippen molar-refractivity contribution in [3.05, 3.63) is 22.8 Å². The highest BCUT2D eigenvalue weighted by atomic mass is 16.4. The predicted molar refractivity (Wildman–Crippen MR) is 43.7 cm³/mol. The molecule has 12 heavy (non-hydrogen) atoms. The molecule has 0 radical (unpaired) electrons. The maximum Gasteiger partial charge on any atom is 0.335 e. The van der Waals surface area contributed by atoms with E-state index in [1.807, 2.05) is 0 Å². The Bertz CT molecular complexity index is 308. The van der Waals surface area contributed by atoms with Gasteiger partial charge in [-0.3, -0.25) is 4.79 Å². The fourth-order valence-corrected chi connectivity index (χ4v) is 1.40. The van der Waals surface area contributed by atoms with E-state index in [-0.39, 0.29) is 17.8 Å². The predicted octanol–water partition coefficient (Wildman–Crippen LogP) is 1.31. The van der Waals surface area contributed by atoms with Crippen molar-refractivity contribution in [1.29, 1.82) is 0 Å². The number of aliphatic carboxylic acids is 1. The van der Waals surface area contributed by atoms with Crippen LogP contribution < -0.4 is 0 Å². The van der Waals surface area contributed by atoms with Crippen LogP contribution in [0.3, 0.4) is 0 Å². The van der Waals surface area contributed by atoms with Crippen LogP contribution in [-0.2, 0) is 9.59 Å². The van der Waals surface area contributed by atoms with Crippen LogP contribution in [0, 0.1) is 0 Å². The van der Waals surface area contributed by atoms with Crippen LogP contribution >= 0.6 is 0 Å². The maximum atomic E-state index is 10.9. The van der Waals surface area contributed by atoms with Crippen molar-refractivity contribution in [2.24, 2.45) is 0 Å². The van der Waals surface area contributed by atoms with Gasteiger partial charge in [-0.2, -0.15) is 0 Å². The molecule has 0 aromatic rings. The first-order valence-electron chi connectivity index (χ1n) is 3.67. The van der Waals surface area contributed by atoms with Crippen LogP contribution in [0.15, 0.2) is 22.8 Å². The Morgan fingerprint density at radius 2 is 2.08 bits per heavy atom. The minimum Gasteiger partial charge on any atom is -0.478 e. The monoisotopic (exact) mass is 166 g/mol. The van der Waals surface area contributed by atoms with Crippen molar-refractivity contribution in [2.75, 3.05) is 0 Å². The molecular formula is C9H10O3. The summed E-state index contributed by atoms with van der Waals surface area (Å²) in [4.78, 5) is 21.6. The van der Waals surface area contributed by atoms with E-state index in [9.17, 15) is 9.59 Å². The second kappa shape index (κ2) is 2.93. The molecule has 0 fully saturated rings. The number of carboxylic acid groups (broad SMARTS) is 1. The lowest BCUT2D eigenvalue weighted by atomic mass is 9.92. The number of carboxylic acids is 1. The maximum absolute atomic E-state index is 10.9. The smallest absolute Gasteiger partial charge is 0.335 e. The second-order valence-corrected chi connectivity index (χ2v) is 2.93. The summed E-state index contributed by atoms with van der Waals surface area (Å²) in [6.07, 6.45) is 1.62. The zero-order valence-corrected chi connectivity index (χ0v) is 7.05. The van der Waals surface area contributed by atoms with Crippen LogP contribution in [0.4, 0.5) is 0 Å². The molecule has 3 nitrogen and oxygen atoms in total. The summed E-state index contributed by atoms with van der Waals surface area (Å²) in [6, 6.07) is 0. The Morgan fingerprint density at radius 1 is 1.50 bits per heavy atom. The van der Waals surface area contributed by atoms with Crippen molar-refractivity contribution >= 4 is 11.8 Å². The number of hydrogen-bond donors (Lipinski definition) is 1. The third-order valence-electron chi connectivity index (χ3n) is 1.85. The molecule has 0 aliphatic heterocycles. The quantitative estimate of drug-likeness (QED) is 0.638. The lowest BCUT2D eigenvalue weighted by Crippen LogP contribution is -2.12. The average Bonchev–Trinajstić information content (AvgIpc) is 1.82. The fourth-order valence-electron chi connectivity index (χ4n) is 1.40. The Kier molecular flexibility index (Phi) is 2.13. The molecule has 1 N–H and O–H groups in total. The summed E-state index contributed by atoms with van der Waals surface area (Å²) in [5.41, 5.74) is 1.48. The molecule has 0 saturated carbocycles. The van der Waals surface area contributed by atoms with Crippen molar-refractivity contribution in [3.63, 3.8) is 0 Å². The molecule has 0 spiro atoms. The van der Waals surface area contributed by atoms with Gasteiger partial charge in [0.1, 0.15) is 0 Å². The minimum absolute atomic E-state index is 0.0185. The molecular weight excluding hydrogens is 156 g/mol. The fraction of sp³-hybridized carbons (Fsp3) is 0.333. The minimum atomic E-state index is -0.950. The van der Waals surface area contributed by atoms with Crippen molar-refractivity contribution in [3.8, 4) is 0 Å². The van der Waals surface area contributed by atoms with Gasteiger partial charge in [-0.05, 0) is 25.5 Å². The van der Waals surface area contributed by atoms with E-state index >= 15 is 0 Å². The molecule has 0 aromatic carbocycles. The van der Waals surface area contributed by atoms with Gasteiger partial charge in [0, 0.05) is 6.42 Å². The highest BCUT2D eigenvalue weighted by Crippen LogP contribution is 2.22. The molecule has 0 atom stereocenters. The lowest BCUT2D eigenvalue weighted by molar-refractivity contribution is -0.132.